The molecule has 0 unspecified atom stereocenters. The lowest BCUT2D eigenvalue weighted by molar-refractivity contribution is 0.813. The van der Waals surface area contributed by atoms with Crippen LogP contribution in [0.15, 0.2) is 0 Å². The van der Waals surface area contributed by atoms with Gasteiger partial charge in [0, 0.05) is 33.7 Å². The zero-order valence-corrected chi connectivity index (χ0v) is 7.92. The van der Waals surface area contributed by atoms with E-state index in [-0.39, 0.29) is 10.8 Å². The molecule has 14 heavy (non-hydrogen) atoms. The molecule has 1 aromatic rings. The number of rotatable bonds is 4. The minimum absolute atomic E-state index is 0.158. The molecule has 1 rings (SSSR count). The smallest absolute Gasteiger partial charge is 0.231 e. The number of aromatic nitrogens is 3. The number of hydrogen-bond acceptors (Lipinski definition) is 5. The summed E-state index contributed by atoms with van der Waals surface area (Å²) in [5, 5.41) is 1.94. The molecule has 0 saturated carbocycles. The van der Waals surface area contributed by atoms with Crippen LogP contribution in [0, 0.1) is 0 Å². The van der Waals surface area contributed by atoms with Crippen LogP contribution >= 0.6 is 11.6 Å². The van der Waals surface area contributed by atoms with E-state index in [4.69, 9.17) is 25.3 Å². The van der Waals surface area contributed by atoms with E-state index in [1.165, 1.54) is 7.05 Å². The lowest BCUT2D eigenvalue weighted by atomic mass is 10.5. The maximum absolute atomic E-state index is 7.78. The van der Waals surface area contributed by atoms with Gasteiger partial charge in [-0.3, -0.25) is 0 Å². The van der Waals surface area contributed by atoms with Crippen molar-refractivity contribution in [3.05, 3.63) is 5.28 Å². The summed E-state index contributed by atoms with van der Waals surface area (Å²) < 4.78 is 74.9. The Morgan fingerprint density at radius 1 is 1.43 bits per heavy atom. The Bertz CT molecular complexity index is 574. The van der Waals surface area contributed by atoms with E-state index < -0.39 is 37.9 Å². The van der Waals surface area contributed by atoms with Gasteiger partial charge in [0.15, 0.2) is 0 Å². The van der Waals surface area contributed by atoms with Crippen LogP contribution in [0.3, 0.4) is 0 Å². The van der Waals surface area contributed by atoms with Crippen molar-refractivity contribution in [1.29, 1.82) is 0 Å². The summed E-state index contributed by atoms with van der Waals surface area (Å²) in [4.78, 5) is 10.6. The summed E-state index contributed by atoms with van der Waals surface area (Å²) >= 11 is 5.65. The Kier molecular flexibility index (Phi) is 1.23. The number of hydrogen-bond donors (Lipinski definition) is 1. The summed E-state index contributed by atoms with van der Waals surface area (Å²) in [6, 6.07) is 0. The Morgan fingerprint density at radius 3 is 2.71 bits per heavy atom. The zero-order valence-electron chi connectivity index (χ0n) is 17.2. The van der Waals surface area contributed by atoms with E-state index in [0.29, 0.717) is 0 Å². The number of anilines is 2. The predicted molar refractivity (Wildman–Crippen MR) is 57.9 cm³/mol. The van der Waals surface area contributed by atoms with Gasteiger partial charge in [-0.2, -0.15) is 15.0 Å². The molecule has 0 aromatic carbocycles. The van der Waals surface area contributed by atoms with E-state index in [1.54, 1.807) is 0 Å². The van der Waals surface area contributed by atoms with Crippen molar-refractivity contribution in [1.82, 2.24) is 15.0 Å². The minimum Gasteiger partial charge on any atom is -0.357 e. The van der Waals surface area contributed by atoms with Crippen molar-refractivity contribution in [3.8, 4) is 0 Å². The quantitative estimate of drug-likeness (QED) is 0.840. The molecular weight excluding hydrogens is 202 g/mol. The Hall–Kier alpha value is -1.10. The maximum Gasteiger partial charge on any atom is 0.231 e. The second-order valence-corrected chi connectivity index (χ2v) is 2.38. The molecule has 0 amide bonds. The van der Waals surface area contributed by atoms with Gasteiger partial charge < -0.3 is 10.2 Å². The second kappa shape index (κ2) is 4.95. The largest absolute Gasteiger partial charge is 0.357 e. The van der Waals surface area contributed by atoms with Gasteiger partial charge in [0.1, 0.15) is 0 Å². The van der Waals surface area contributed by atoms with Gasteiger partial charge in [0.25, 0.3) is 0 Å². The molecule has 1 aromatic heterocycles. The Labute approximate surface area is 103 Å². The van der Waals surface area contributed by atoms with Crippen LogP contribution in [0.25, 0.3) is 0 Å². The molecule has 0 aliphatic carbocycles. The number of nitrogens with one attached hydrogen (secondary N) is 1. The molecule has 6 heteroatoms. The van der Waals surface area contributed by atoms with Crippen molar-refractivity contribution in [3.63, 3.8) is 0 Å². The van der Waals surface area contributed by atoms with Gasteiger partial charge in [-0.25, -0.2) is 0 Å². The highest BCUT2D eigenvalue weighted by Gasteiger charge is 2.08. The highest BCUT2D eigenvalue weighted by atomic mass is 35.5. The molecule has 1 heterocycles. The summed E-state index contributed by atoms with van der Waals surface area (Å²) in [6.45, 7) is -13.7. The molecule has 78 valence electrons. The Morgan fingerprint density at radius 2 is 2.14 bits per heavy atom. The van der Waals surface area contributed by atoms with Crippen molar-refractivity contribution >= 4 is 23.5 Å². The minimum atomic E-state index is -3.46. The van der Waals surface area contributed by atoms with Gasteiger partial charge in [0.05, 0.1) is 0 Å². The van der Waals surface area contributed by atoms with E-state index >= 15 is 0 Å². The third-order valence-corrected chi connectivity index (χ3v) is 1.41. The molecular formula is C8H14ClN5. The van der Waals surface area contributed by atoms with Crippen LogP contribution in [-0.2, 0) is 0 Å². The van der Waals surface area contributed by atoms with Crippen LogP contribution < -0.4 is 10.2 Å². The molecule has 0 aliphatic heterocycles. The zero-order chi connectivity index (χ0) is 19.1. The fourth-order valence-electron chi connectivity index (χ4n) is 0.679. The molecule has 5 nitrogen and oxygen atoms in total. The maximum atomic E-state index is 7.78. The fraction of sp³-hybridized carbons (Fsp3) is 0.625. The third-order valence-electron chi connectivity index (χ3n) is 1.24. The van der Waals surface area contributed by atoms with Crippen molar-refractivity contribution < 1.29 is 13.7 Å². The van der Waals surface area contributed by atoms with Crippen LogP contribution in [0.4, 0.5) is 11.9 Å². The molecule has 1 N–H and O–H groups in total. The topological polar surface area (TPSA) is 53.9 Å². The van der Waals surface area contributed by atoms with Gasteiger partial charge >= 0.3 is 0 Å². The van der Waals surface area contributed by atoms with Gasteiger partial charge in [-0.1, -0.05) is 0 Å². The normalized spacial score (nSPS) is 24.4. The molecule has 0 fully saturated rings. The molecule has 0 spiro atoms. The summed E-state index contributed by atoms with van der Waals surface area (Å²) in [5.41, 5.74) is 0. The first kappa shape index (κ1) is 3.48. The van der Waals surface area contributed by atoms with Crippen LogP contribution in [0.5, 0.6) is 0 Å². The monoisotopic (exact) mass is 225 g/mol. The highest BCUT2D eigenvalue weighted by molar-refractivity contribution is 6.28. The number of nitrogens with zero attached hydrogens (tertiary/aromatic N) is 4. The fourth-order valence-corrected chi connectivity index (χ4v) is 0.835. The first-order chi connectivity index (χ1) is 10.6. The van der Waals surface area contributed by atoms with E-state index in [2.05, 4.69) is 20.3 Å². The van der Waals surface area contributed by atoms with Crippen LogP contribution in [-0.4, -0.2) is 35.0 Å². The van der Waals surface area contributed by atoms with Crippen molar-refractivity contribution in [2.75, 3.05) is 30.3 Å². The lowest BCUT2D eigenvalue weighted by Crippen LogP contribution is -2.24. The van der Waals surface area contributed by atoms with Gasteiger partial charge in [0.2, 0.25) is 17.2 Å². The average molecular weight is 226 g/mol. The molecule has 0 aliphatic rings. The van der Waals surface area contributed by atoms with Crippen molar-refractivity contribution in [2.24, 2.45) is 0 Å². The first-order valence-electron chi connectivity index (χ1n) is 8.45. The molecule has 0 bridgehead atoms. The van der Waals surface area contributed by atoms with Crippen LogP contribution in [0.1, 0.15) is 27.4 Å². The highest BCUT2D eigenvalue weighted by Crippen LogP contribution is 2.12. The van der Waals surface area contributed by atoms with Gasteiger partial charge in [-0.05, 0) is 25.3 Å². The van der Waals surface area contributed by atoms with E-state index in [1.807, 2.05) is 0 Å². The Balaban J connectivity index is 3.72. The molecule has 0 atom stereocenters. The predicted octanol–water partition coefficient (Wildman–Crippen LogP) is 1.41. The summed E-state index contributed by atoms with van der Waals surface area (Å²) in [6.07, 6.45) is 0. The number of halogens is 1. The summed E-state index contributed by atoms with van der Waals surface area (Å²) in [5.74, 6) is -1.10. The SMILES string of the molecule is [2H]C([2H])([2H])C([2H])([2H])N(c1nc(Cl)nc(NC)n1)C([2H])([2H])C([2H])([2H])[2H]. The molecule has 0 radical (unpaired) electrons. The standard InChI is InChI=1S/C8H14ClN5/c1-4-14(5-2)8-12-6(9)11-7(10-3)13-8/h4-5H2,1-3H3,(H,10,11,12,13)/i1D3,2D3,4D2,5D2. The van der Waals surface area contributed by atoms with Crippen LogP contribution in [0.2, 0.25) is 5.28 Å². The summed E-state index contributed by atoms with van der Waals surface area (Å²) in [7, 11) is 1.37. The second-order valence-electron chi connectivity index (χ2n) is 2.04. The lowest BCUT2D eigenvalue weighted by Gasteiger charge is -2.18. The molecule has 0 saturated heterocycles. The van der Waals surface area contributed by atoms with Crippen molar-refractivity contribution in [2.45, 2.75) is 13.7 Å². The first-order valence-corrected chi connectivity index (χ1v) is 3.83. The van der Waals surface area contributed by atoms with E-state index in [9.17, 15) is 0 Å². The van der Waals surface area contributed by atoms with E-state index in [0.717, 1.165) is 0 Å². The third kappa shape index (κ3) is 2.45. The average Bonchev–Trinajstić information content (AvgIpc) is 2.34. The van der Waals surface area contributed by atoms with Gasteiger partial charge in [-0.15, -0.1) is 0 Å².